The topological polar surface area (TPSA) is 43.1 Å². The second-order valence-electron chi connectivity index (χ2n) is 5.43. The highest BCUT2D eigenvalue weighted by atomic mass is 16.1. The molecule has 2 nitrogen and oxygen atoms in total. The molecule has 0 aliphatic heterocycles. The second-order valence-corrected chi connectivity index (χ2v) is 5.43. The molecule has 0 aliphatic carbocycles. The first kappa shape index (κ1) is 13.4. The molecule has 0 fully saturated rings. The summed E-state index contributed by atoms with van der Waals surface area (Å²) in [5.41, 5.74) is 10.0. The van der Waals surface area contributed by atoms with Gasteiger partial charge in [0.05, 0.1) is 0 Å². The lowest BCUT2D eigenvalue weighted by molar-refractivity contribution is 0.103. The third kappa shape index (κ3) is 2.40. The van der Waals surface area contributed by atoms with Gasteiger partial charge < -0.3 is 5.73 Å². The van der Waals surface area contributed by atoms with Crippen molar-refractivity contribution in [2.45, 2.75) is 13.8 Å². The molecule has 0 aromatic heterocycles. The van der Waals surface area contributed by atoms with Gasteiger partial charge in [0.2, 0.25) is 0 Å². The molecule has 3 aromatic rings. The SMILES string of the molecule is Cc1ccc(C(=O)c2cc3ccccc3cc2N)c(C)c1. The highest BCUT2D eigenvalue weighted by Crippen LogP contribution is 2.25. The molecular formula is C19H17NO. The lowest BCUT2D eigenvalue weighted by Gasteiger charge is -2.10. The zero-order valence-electron chi connectivity index (χ0n) is 12.2. The summed E-state index contributed by atoms with van der Waals surface area (Å²) in [6.07, 6.45) is 0. The predicted molar refractivity (Wildman–Crippen MR) is 87.7 cm³/mol. The van der Waals surface area contributed by atoms with Crippen molar-refractivity contribution in [1.82, 2.24) is 0 Å². The number of carbonyl (C=O) groups is 1. The molecular weight excluding hydrogens is 258 g/mol. The summed E-state index contributed by atoms with van der Waals surface area (Å²) in [5.74, 6) is -0.0178. The number of hydrogen-bond acceptors (Lipinski definition) is 2. The molecule has 0 radical (unpaired) electrons. The van der Waals surface area contributed by atoms with Crippen molar-refractivity contribution in [2.24, 2.45) is 0 Å². The van der Waals surface area contributed by atoms with Crippen molar-refractivity contribution in [3.8, 4) is 0 Å². The number of aryl methyl sites for hydroxylation is 2. The molecule has 0 unspecified atom stereocenters. The zero-order chi connectivity index (χ0) is 15.0. The van der Waals surface area contributed by atoms with E-state index < -0.39 is 0 Å². The molecule has 0 heterocycles. The van der Waals surface area contributed by atoms with E-state index >= 15 is 0 Å². The summed E-state index contributed by atoms with van der Waals surface area (Å²) >= 11 is 0. The highest BCUT2D eigenvalue weighted by molar-refractivity contribution is 6.14. The molecule has 0 spiro atoms. The fourth-order valence-corrected chi connectivity index (χ4v) is 2.67. The first-order chi connectivity index (χ1) is 10.1. The maximum atomic E-state index is 12.8. The van der Waals surface area contributed by atoms with Gasteiger partial charge in [-0.1, -0.05) is 48.0 Å². The van der Waals surface area contributed by atoms with Crippen LogP contribution < -0.4 is 5.73 Å². The van der Waals surface area contributed by atoms with Crippen molar-refractivity contribution < 1.29 is 4.79 Å². The highest BCUT2D eigenvalue weighted by Gasteiger charge is 2.15. The summed E-state index contributed by atoms with van der Waals surface area (Å²) in [4.78, 5) is 12.8. The van der Waals surface area contributed by atoms with Gasteiger partial charge in [0.25, 0.3) is 0 Å². The number of anilines is 1. The van der Waals surface area contributed by atoms with Crippen molar-refractivity contribution in [2.75, 3.05) is 5.73 Å². The van der Waals surface area contributed by atoms with Gasteiger partial charge in [-0.05, 0) is 42.3 Å². The van der Waals surface area contributed by atoms with E-state index in [9.17, 15) is 4.79 Å². The van der Waals surface area contributed by atoms with E-state index in [0.717, 1.165) is 21.9 Å². The summed E-state index contributed by atoms with van der Waals surface area (Å²) in [5, 5.41) is 2.08. The Balaban J connectivity index is 2.15. The molecule has 21 heavy (non-hydrogen) atoms. The Morgan fingerprint density at radius 1 is 0.857 bits per heavy atom. The Morgan fingerprint density at radius 3 is 2.19 bits per heavy atom. The molecule has 3 aromatic carbocycles. The van der Waals surface area contributed by atoms with Gasteiger partial charge in [-0.3, -0.25) is 4.79 Å². The summed E-state index contributed by atoms with van der Waals surface area (Å²) in [7, 11) is 0. The van der Waals surface area contributed by atoms with Crippen LogP contribution in [0.4, 0.5) is 5.69 Å². The first-order valence-electron chi connectivity index (χ1n) is 6.96. The molecule has 0 amide bonds. The third-order valence-corrected chi connectivity index (χ3v) is 3.79. The summed E-state index contributed by atoms with van der Waals surface area (Å²) in [6.45, 7) is 3.98. The van der Waals surface area contributed by atoms with Crippen LogP contribution in [0.5, 0.6) is 0 Å². The smallest absolute Gasteiger partial charge is 0.195 e. The van der Waals surface area contributed by atoms with Crippen molar-refractivity contribution in [3.63, 3.8) is 0 Å². The number of nitrogens with two attached hydrogens (primary N) is 1. The predicted octanol–water partition coefficient (Wildman–Crippen LogP) is 4.27. The zero-order valence-corrected chi connectivity index (χ0v) is 12.2. The standard InChI is InChI=1S/C19H17NO/c1-12-7-8-16(13(2)9-12)19(21)17-10-14-5-3-4-6-15(14)11-18(17)20/h3-11H,20H2,1-2H3. The normalized spacial score (nSPS) is 10.8. The number of benzene rings is 3. The lowest BCUT2D eigenvalue weighted by Crippen LogP contribution is -2.07. The van der Waals surface area contributed by atoms with Crippen LogP contribution in [0.15, 0.2) is 54.6 Å². The van der Waals surface area contributed by atoms with Gasteiger partial charge >= 0.3 is 0 Å². The van der Waals surface area contributed by atoms with Gasteiger partial charge in [0.15, 0.2) is 5.78 Å². The molecule has 0 saturated carbocycles. The maximum Gasteiger partial charge on any atom is 0.195 e. The number of nitrogen functional groups attached to an aromatic ring is 1. The van der Waals surface area contributed by atoms with E-state index in [1.54, 1.807) is 0 Å². The van der Waals surface area contributed by atoms with E-state index in [-0.39, 0.29) is 5.78 Å². The van der Waals surface area contributed by atoms with Crippen LogP contribution in [0, 0.1) is 13.8 Å². The van der Waals surface area contributed by atoms with E-state index in [1.165, 1.54) is 0 Å². The number of rotatable bonds is 2. The van der Waals surface area contributed by atoms with E-state index in [0.29, 0.717) is 16.8 Å². The Kier molecular flexibility index (Phi) is 3.22. The third-order valence-electron chi connectivity index (χ3n) is 3.79. The fraction of sp³-hybridized carbons (Fsp3) is 0.105. The van der Waals surface area contributed by atoms with Crippen LogP contribution in [0.25, 0.3) is 10.8 Å². The molecule has 2 heteroatoms. The Bertz CT molecular complexity index is 849. The quantitative estimate of drug-likeness (QED) is 0.560. The molecule has 0 bridgehead atoms. The molecule has 0 atom stereocenters. The molecule has 2 N–H and O–H groups in total. The van der Waals surface area contributed by atoms with Gasteiger partial charge in [-0.15, -0.1) is 0 Å². The Hall–Kier alpha value is -2.61. The summed E-state index contributed by atoms with van der Waals surface area (Å²) in [6, 6.07) is 17.5. The molecule has 0 aliphatic rings. The minimum Gasteiger partial charge on any atom is -0.398 e. The number of hydrogen-bond donors (Lipinski definition) is 1. The first-order valence-corrected chi connectivity index (χ1v) is 6.96. The maximum absolute atomic E-state index is 12.8. The van der Waals surface area contributed by atoms with Crippen LogP contribution in [-0.4, -0.2) is 5.78 Å². The Morgan fingerprint density at radius 2 is 1.52 bits per heavy atom. The molecule has 104 valence electrons. The summed E-state index contributed by atoms with van der Waals surface area (Å²) < 4.78 is 0. The minimum atomic E-state index is -0.0178. The van der Waals surface area contributed by atoms with E-state index in [2.05, 4.69) is 0 Å². The monoisotopic (exact) mass is 275 g/mol. The van der Waals surface area contributed by atoms with Gasteiger partial charge in [-0.25, -0.2) is 0 Å². The molecule has 3 rings (SSSR count). The average Bonchev–Trinajstić information content (AvgIpc) is 2.46. The second kappa shape index (κ2) is 5.06. The van der Waals surface area contributed by atoms with Crippen LogP contribution in [0.1, 0.15) is 27.0 Å². The molecule has 0 saturated heterocycles. The number of carbonyl (C=O) groups excluding carboxylic acids is 1. The minimum absolute atomic E-state index is 0.0178. The van der Waals surface area contributed by atoms with E-state index in [4.69, 9.17) is 5.73 Å². The van der Waals surface area contributed by atoms with Crippen molar-refractivity contribution in [3.05, 3.63) is 76.9 Å². The largest absolute Gasteiger partial charge is 0.398 e. The number of fused-ring (bicyclic) bond motifs is 1. The van der Waals surface area contributed by atoms with E-state index in [1.807, 2.05) is 68.4 Å². The van der Waals surface area contributed by atoms with Crippen LogP contribution in [0.3, 0.4) is 0 Å². The van der Waals surface area contributed by atoms with Gasteiger partial charge in [0, 0.05) is 16.8 Å². The van der Waals surface area contributed by atoms with Crippen LogP contribution in [0.2, 0.25) is 0 Å². The average molecular weight is 275 g/mol. The van der Waals surface area contributed by atoms with Crippen molar-refractivity contribution >= 4 is 22.2 Å². The van der Waals surface area contributed by atoms with Crippen LogP contribution >= 0.6 is 0 Å². The Labute approximate surface area is 124 Å². The van der Waals surface area contributed by atoms with Crippen molar-refractivity contribution in [1.29, 1.82) is 0 Å². The van der Waals surface area contributed by atoms with Crippen LogP contribution in [-0.2, 0) is 0 Å². The fourth-order valence-electron chi connectivity index (χ4n) is 2.67. The van der Waals surface area contributed by atoms with Gasteiger partial charge in [0.1, 0.15) is 0 Å². The lowest BCUT2D eigenvalue weighted by atomic mass is 9.95. The number of ketones is 1. The van der Waals surface area contributed by atoms with Gasteiger partial charge in [-0.2, -0.15) is 0 Å².